The predicted molar refractivity (Wildman–Crippen MR) is 213 cm³/mol. The third kappa shape index (κ3) is 4.56. The van der Waals surface area contributed by atoms with Gasteiger partial charge in [-0.05, 0) is 80.7 Å². The highest BCUT2D eigenvalue weighted by Crippen LogP contribution is 2.38. The standard InChI is InChI=1S/C47H29N3O2/c1-2-10-29(11-3-1)45-48-46(33-20-22-35-32(25-33)18-17-28-9-4-5-12-34(28)35)50-47(49-45)38-14-8-16-42-44(38)39-26-30(21-24-41(39)51-42)31-19-23-37-36-13-6-7-15-40(36)52-43(37)27-31/h1-27,46H,(H,48,49,50). The zero-order valence-electron chi connectivity index (χ0n) is 27.9. The third-order valence-electron chi connectivity index (χ3n) is 10.3. The SMILES string of the molecule is c1ccc(C2=NC(c3cccc4oc5ccc(-c6ccc7c(c6)oc6ccccc67)cc5c34)=NC(c3ccc4c(ccc5ccccc54)c3)N2)cc1. The van der Waals surface area contributed by atoms with Crippen LogP contribution in [0.1, 0.15) is 22.9 Å². The van der Waals surface area contributed by atoms with Gasteiger partial charge >= 0.3 is 0 Å². The zero-order chi connectivity index (χ0) is 34.2. The number of aliphatic imine (C=N–C) groups is 2. The molecule has 0 aliphatic carbocycles. The lowest BCUT2D eigenvalue weighted by atomic mass is 9.98. The van der Waals surface area contributed by atoms with Gasteiger partial charge in [-0.3, -0.25) is 0 Å². The van der Waals surface area contributed by atoms with E-state index in [4.69, 9.17) is 18.8 Å². The zero-order valence-corrected chi connectivity index (χ0v) is 27.9. The molecule has 1 aliphatic heterocycles. The molecule has 2 aromatic heterocycles. The third-order valence-corrected chi connectivity index (χ3v) is 10.3. The molecule has 1 atom stereocenters. The largest absolute Gasteiger partial charge is 0.456 e. The number of hydrogen-bond acceptors (Lipinski definition) is 5. The average Bonchev–Trinajstić information content (AvgIpc) is 3.78. The van der Waals surface area contributed by atoms with Crippen LogP contribution in [0.4, 0.5) is 0 Å². The van der Waals surface area contributed by atoms with E-state index < -0.39 is 0 Å². The maximum absolute atomic E-state index is 6.45. The molecule has 0 amide bonds. The van der Waals surface area contributed by atoms with Crippen molar-refractivity contribution in [3.63, 3.8) is 0 Å². The van der Waals surface area contributed by atoms with E-state index in [0.29, 0.717) is 5.84 Å². The summed E-state index contributed by atoms with van der Waals surface area (Å²) in [6.07, 6.45) is -0.349. The summed E-state index contributed by atoms with van der Waals surface area (Å²) in [7, 11) is 0. The minimum atomic E-state index is -0.349. The van der Waals surface area contributed by atoms with Gasteiger partial charge in [0.05, 0.1) is 0 Å². The quantitative estimate of drug-likeness (QED) is 0.190. The molecule has 0 saturated carbocycles. The second-order valence-electron chi connectivity index (χ2n) is 13.4. The number of fused-ring (bicyclic) bond motifs is 9. The van der Waals surface area contributed by atoms with Gasteiger partial charge in [-0.25, -0.2) is 9.98 Å². The molecule has 244 valence electrons. The summed E-state index contributed by atoms with van der Waals surface area (Å²) in [5.41, 5.74) is 8.52. The van der Waals surface area contributed by atoms with Crippen molar-refractivity contribution in [3.05, 3.63) is 180 Å². The van der Waals surface area contributed by atoms with Crippen molar-refractivity contribution < 1.29 is 8.83 Å². The van der Waals surface area contributed by atoms with Gasteiger partial charge in [0.1, 0.15) is 34.3 Å². The highest BCUT2D eigenvalue weighted by atomic mass is 16.3. The maximum Gasteiger partial charge on any atom is 0.160 e. The highest BCUT2D eigenvalue weighted by Gasteiger charge is 2.24. The minimum Gasteiger partial charge on any atom is -0.456 e. The van der Waals surface area contributed by atoms with Crippen LogP contribution >= 0.6 is 0 Å². The molecule has 0 saturated heterocycles. The summed E-state index contributed by atoms with van der Waals surface area (Å²) in [6, 6.07) is 57.0. The summed E-state index contributed by atoms with van der Waals surface area (Å²) < 4.78 is 12.7. The predicted octanol–water partition coefficient (Wildman–Crippen LogP) is 12.0. The number of hydrogen-bond donors (Lipinski definition) is 1. The Morgan fingerprint density at radius 1 is 0.442 bits per heavy atom. The lowest BCUT2D eigenvalue weighted by Crippen LogP contribution is -2.33. The van der Waals surface area contributed by atoms with Gasteiger partial charge < -0.3 is 14.2 Å². The Kier molecular flexibility index (Phi) is 6.25. The molecule has 0 bridgehead atoms. The molecule has 5 nitrogen and oxygen atoms in total. The summed E-state index contributed by atoms with van der Waals surface area (Å²) in [5, 5.41) is 12.8. The van der Waals surface area contributed by atoms with Crippen molar-refractivity contribution >= 4 is 77.1 Å². The van der Waals surface area contributed by atoms with Gasteiger partial charge in [0.25, 0.3) is 0 Å². The van der Waals surface area contributed by atoms with E-state index in [9.17, 15) is 0 Å². The van der Waals surface area contributed by atoms with E-state index in [-0.39, 0.29) is 6.17 Å². The molecule has 52 heavy (non-hydrogen) atoms. The summed E-state index contributed by atoms with van der Waals surface area (Å²) >= 11 is 0. The molecular formula is C47H29N3O2. The van der Waals surface area contributed by atoms with E-state index in [1.807, 2.05) is 48.5 Å². The normalized spacial score (nSPS) is 14.7. The second-order valence-corrected chi connectivity index (χ2v) is 13.4. The summed E-state index contributed by atoms with van der Waals surface area (Å²) in [4.78, 5) is 10.5. The molecule has 10 aromatic rings. The second kappa shape index (κ2) is 11.3. The van der Waals surface area contributed by atoms with Crippen LogP contribution in [0.15, 0.2) is 183 Å². The molecule has 1 unspecified atom stereocenters. The molecule has 1 aliphatic rings. The van der Waals surface area contributed by atoms with Crippen LogP contribution < -0.4 is 5.32 Å². The number of amidine groups is 2. The molecule has 11 rings (SSSR count). The molecule has 1 N–H and O–H groups in total. The van der Waals surface area contributed by atoms with E-state index in [1.165, 1.54) is 21.5 Å². The van der Waals surface area contributed by atoms with Crippen molar-refractivity contribution in [2.45, 2.75) is 6.17 Å². The van der Waals surface area contributed by atoms with Gasteiger partial charge in [0.15, 0.2) is 5.84 Å². The van der Waals surface area contributed by atoms with Crippen molar-refractivity contribution in [1.29, 1.82) is 0 Å². The molecule has 0 spiro atoms. The van der Waals surface area contributed by atoms with Crippen LogP contribution in [0.2, 0.25) is 0 Å². The van der Waals surface area contributed by atoms with Crippen molar-refractivity contribution in [2.24, 2.45) is 9.98 Å². The van der Waals surface area contributed by atoms with Gasteiger partial charge in [-0.15, -0.1) is 0 Å². The number of nitrogens with one attached hydrogen (secondary N) is 1. The van der Waals surface area contributed by atoms with Crippen LogP contribution in [-0.4, -0.2) is 11.7 Å². The molecular weight excluding hydrogens is 639 g/mol. The van der Waals surface area contributed by atoms with Crippen LogP contribution in [0.5, 0.6) is 0 Å². The smallest absolute Gasteiger partial charge is 0.160 e. The van der Waals surface area contributed by atoms with Gasteiger partial charge in [0, 0.05) is 32.7 Å². The van der Waals surface area contributed by atoms with E-state index >= 15 is 0 Å². The number of para-hydroxylation sites is 1. The number of benzene rings is 8. The van der Waals surface area contributed by atoms with Crippen LogP contribution in [0.3, 0.4) is 0 Å². The molecule has 8 aromatic carbocycles. The fourth-order valence-electron chi connectivity index (χ4n) is 7.78. The molecule has 0 fully saturated rings. The molecule has 3 heterocycles. The topological polar surface area (TPSA) is 63.0 Å². The van der Waals surface area contributed by atoms with Crippen molar-refractivity contribution in [2.75, 3.05) is 0 Å². The fourth-order valence-corrected chi connectivity index (χ4v) is 7.78. The van der Waals surface area contributed by atoms with Crippen LogP contribution in [-0.2, 0) is 0 Å². The minimum absolute atomic E-state index is 0.349. The lowest BCUT2D eigenvalue weighted by Gasteiger charge is -2.24. The van der Waals surface area contributed by atoms with Gasteiger partial charge in [-0.1, -0.05) is 121 Å². The van der Waals surface area contributed by atoms with Crippen LogP contribution in [0.25, 0.3) is 76.5 Å². The molecule has 5 heteroatoms. The number of nitrogens with zero attached hydrogens (tertiary/aromatic N) is 2. The Hall–Kier alpha value is -6.98. The maximum atomic E-state index is 6.45. The Labute approximate surface area is 298 Å². The number of rotatable bonds is 4. The summed E-state index contributed by atoms with van der Waals surface area (Å²) in [5.74, 6) is 1.43. The van der Waals surface area contributed by atoms with Gasteiger partial charge in [-0.2, -0.15) is 0 Å². The first-order valence-corrected chi connectivity index (χ1v) is 17.5. The van der Waals surface area contributed by atoms with E-state index in [0.717, 1.165) is 77.5 Å². The Balaban J connectivity index is 1.07. The Bertz CT molecular complexity index is 3110. The van der Waals surface area contributed by atoms with E-state index in [2.05, 4.69) is 121 Å². The van der Waals surface area contributed by atoms with Crippen molar-refractivity contribution in [3.8, 4) is 11.1 Å². The number of furan rings is 2. The van der Waals surface area contributed by atoms with Crippen LogP contribution in [0, 0.1) is 0 Å². The fraction of sp³-hybridized carbons (Fsp3) is 0.0213. The first-order valence-electron chi connectivity index (χ1n) is 17.5. The van der Waals surface area contributed by atoms with Gasteiger partial charge in [0.2, 0.25) is 0 Å². The summed E-state index contributed by atoms with van der Waals surface area (Å²) in [6.45, 7) is 0. The molecule has 0 radical (unpaired) electrons. The lowest BCUT2D eigenvalue weighted by molar-refractivity contribution is 0.668. The Morgan fingerprint density at radius 3 is 2.08 bits per heavy atom. The van der Waals surface area contributed by atoms with Crippen molar-refractivity contribution in [1.82, 2.24) is 5.32 Å². The highest BCUT2D eigenvalue weighted by molar-refractivity contribution is 6.22. The average molecular weight is 668 g/mol. The Morgan fingerprint density at radius 2 is 1.13 bits per heavy atom. The first-order chi connectivity index (χ1) is 25.7. The first kappa shape index (κ1) is 28.8. The monoisotopic (exact) mass is 667 g/mol. The van der Waals surface area contributed by atoms with E-state index in [1.54, 1.807) is 0 Å².